The van der Waals surface area contributed by atoms with Gasteiger partial charge >= 0.3 is 0 Å². The lowest BCUT2D eigenvalue weighted by molar-refractivity contribution is -0.134. The highest BCUT2D eigenvalue weighted by Crippen LogP contribution is 2.31. The first-order chi connectivity index (χ1) is 15.3. The number of hydrogen-bond acceptors (Lipinski definition) is 4. The van der Waals surface area contributed by atoms with Gasteiger partial charge in [0.15, 0.2) is 0 Å². The Morgan fingerprint density at radius 2 is 1.88 bits per heavy atom. The number of amides is 3. The van der Waals surface area contributed by atoms with E-state index in [9.17, 15) is 14.4 Å². The molecule has 1 aliphatic heterocycles. The summed E-state index contributed by atoms with van der Waals surface area (Å²) in [6.45, 7) is 2.15. The molecule has 0 bridgehead atoms. The maximum Gasteiger partial charge on any atom is 0.271 e. The van der Waals surface area contributed by atoms with Crippen molar-refractivity contribution in [2.24, 2.45) is 0 Å². The third-order valence-corrected chi connectivity index (χ3v) is 6.06. The number of likely N-dealkylation sites (N-methyl/N-ethyl adjacent to an activating group) is 1. The average molecular weight is 434 g/mol. The molecule has 0 saturated heterocycles. The minimum Gasteiger partial charge on any atom is -0.497 e. The summed E-state index contributed by atoms with van der Waals surface area (Å²) in [6, 6.07) is 16.9. The Bertz CT molecular complexity index is 1200. The van der Waals surface area contributed by atoms with Gasteiger partial charge in [-0.15, -0.1) is 0 Å². The third-order valence-electron chi connectivity index (χ3n) is 6.06. The van der Waals surface area contributed by atoms with Gasteiger partial charge in [0.2, 0.25) is 11.8 Å². The molecule has 2 heterocycles. The van der Waals surface area contributed by atoms with Gasteiger partial charge in [-0.1, -0.05) is 30.3 Å². The summed E-state index contributed by atoms with van der Waals surface area (Å²) in [7, 11) is 3.20. The van der Waals surface area contributed by atoms with Crippen molar-refractivity contribution in [2.45, 2.75) is 25.6 Å². The number of carbonyl (C=O) groups excluding carboxylic acids is 3. The highest BCUT2D eigenvalue weighted by Gasteiger charge is 2.45. The van der Waals surface area contributed by atoms with Crippen LogP contribution in [0.2, 0.25) is 0 Å². The summed E-state index contributed by atoms with van der Waals surface area (Å²) in [5.74, 6) is -0.220. The largest absolute Gasteiger partial charge is 0.497 e. The van der Waals surface area contributed by atoms with Crippen LogP contribution in [0.4, 0.5) is 0 Å². The van der Waals surface area contributed by atoms with Gasteiger partial charge in [-0.25, -0.2) is 0 Å². The molecule has 0 saturated carbocycles. The summed E-state index contributed by atoms with van der Waals surface area (Å²) in [4.78, 5) is 39.8. The third kappa shape index (κ3) is 3.79. The lowest BCUT2D eigenvalue weighted by Crippen LogP contribution is -2.63. The van der Waals surface area contributed by atoms with Crippen LogP contribution >= 0.6 is 0 Å². The number of aromatic nitrogens is 1. The molecular formula is C24H26N4O4. The van der Waals surface area contributed by atoms with Gasteiger partial charge in [0.25, 0.3) is 5.91 Å². The molecule has 166 valence electrons. The molecule has 0 unspecified atom stereocenters. The Morgan fingerprint density at radius 3 is 2.66 bits per heavy atom. The number of fused-ring (bicyclic) bond motifs is 3. The Hall–Kier alpha value is -3.81. The molecule has 32 heavy (non-hydrogen) atoms. The van der Waals surface area contributed by atoms with Crippen molar-refractivity contribution in [1.82, 2.24) is 20.1 Å². The topological polar surface area (TPSA) is 92.7 Å². The van der Waals surface area contributed by atoms with E-state index in [0.717, 1.165) is 16.5 Å². The normalized spacial score (nSPS) is 17.7. The van der Waals surface area contributed by atoms with E-state index >= 15 is 0 Å². The van der Waals surface area contributed by atoms with E-state index in [1.54, 1.807) is 21.1 Å². The molecule has 8 heteroatoms. The molecule has 2 N–H and O–H groups in total. The average Bonchev–Trinajstić information content (AvgIpc) is 3.18. The molecule has 3 amide bonds. The number of benzene rings is 2. The van der Waals surface area contributed by atoms with Gasteiger partial charge in [-0.05, 0) is 36.8 Å². The minimum absolute atomic E-state index is 0.181. The Labute approximate surface area is 186 Å². The van der Waals surface area contributed by atoms with E-state index in [0.29, 0.717) is 24.5 Å². The number of ether oxygens (including phenoxy) is 1. The predicted octanol–water partition coefficient (Wildman–Crippen LogP) is 1.93. The van der Waals surface area contributed by atoms with Crippen LogP contribution in [0.3, 0.4) is 0 Å². The summed E-state index contributed by atoms with van der Waals surface area (Å²) < 4.78 is 7.05. The van der Waals surface area contributed by atoms with Crippen molar-refractivity contribution in [3.63, 3.8) is 0 Å². The summed E-state index contributed by atoms with van der Waals surface area (Å²) in [5, 5.41) is 6.42. The Morgan fingerprint density at radius 1 is 1.09 bits per heavy atom. The molecule has 1 aromatic heterocycles. The monoisotopic (exact) mass is 434 g/mol. The smallest absolute Gasteiger partial charge is 0.271 e. The van der Waals surface area contributed by atoms with Gasteiger partial charge in [-0.3, -0.25) is 14.4 Å². The molecule has 0 aliphatic carbocycles. The van der Waals surface area contributed by atoms with Gasteiger partial charge in [0.05, 0.1) is 20.2 Å². The fourth-order valence-corrected chi connectivity index (χ4v) is 3.99. The maximum absolute atomic E-state index is 13.1. The zero-order chi connectivity index (χ0) is 22.9. The van der Waals surface area contributed by atoms with Gasteiger partial charge in [0, 0.05) is 24.5 Å². The van der Waals surface area contributed by atoms with Crippen molar-refractivity contribution < 1.29 is 19.1 Å². The zero-order valence-corrected chi connectivity index (χ0v) is 18.3. The van der Waals surface area contributed by atoms with Crippen molar-refractivity contribution in [3.05, 3.63) is 65.9 Å². The van der Waals surface area contributed by atoms with E-state index < -0.39 is 5.54 Å². The number of hydrogen-bond donors (Lipinski definition) is 2. The van der Waals surface area contributed by atoms with E-state index in [1.165, 1.54) is 4.90 Å². The molecule has 0 spiro atoms. The second-order valence-electron chi connectivity index (χ2n) is 8.12. The zero-order valence-electron chi connectivity index (χ0n) is 18.3. The fraction of sp³-hybridized carbons (Fsp3) is 0.292. The summed E-state index contributed by atoms with van der Waals surface area (Å²) >= 11 is 0. The van der Waals surface area contributed by atoms with Crippen LogP contribution in [0.25, 0.3) is 10.9 Å². The van der Waals surface area contributed by atoms with Gasteiger partial charge in [0.1, 0.15) is 17.0 Å². The van der Waals surface area contributed by atoms with Crippen LogP contribution in [0.1, 0.15) is 23.0 Å². The van der Waals surface area contributed by atoms with Crippen LogP contribution in [0.15, 0.2) is 54.6 Å². The Balaban J connectivity index is 1.42. The molecule has 1 atom stereocenters. The molecule has 2 aromatic carbocycles. The van der Waals surface area contributed by atoms with Crippen LogP contribution in [0.5, 0.6) is 5.75 Å². The van der Waals surface area contributed by atoms with E-state index in [1.807, 2.05) is 59.2 Å². The molecule has 0 fully saturated rings. The first-order valence-electron chi connectivity index (χ1n) is 10.4. The molecule has 4 rings (SSSR count). The number of methoxy groups -OCH3 is 1. The quantitative estimate of drug-likeness (QED) is 0.620. The SMILES string of the molecule is COc1cccc(CNC(=O)CNC(=O)[C@@]2(C)Cn3c(cc4ccccc43)C(=O)N2C)c1. The summed E-state index contributed by atoms with van der Waals surface area (Å²) in [6.07, 6.45) is 0. The molecule has 1 aliphatic rings. The van der Waals surface area contributed by atoms with Crippen molar-refractivity contribution in [1.29, 1.82) is 0 Å². The second-order valence-corrected chi connectivity index (χ2v) is 8.12. The number of carbonyl (C=O) groups is 3. The fourth-order valence-electron chi connectivity index (χ4n) is 3.99. The van der Waals surface area contributed by atoms with Crippen LogP contribution in [-0.4, -0.2) is 53.4 Å². The van der Waals surface area contributed by atoms with Gasteiger partial charge < -0.3 is 24.8 Å². The number of rotatable bonds is 6. The maximum atomic E-state index is 13.1. The van der Waals surface area contributed by atoms with Crippen LogP contribution < -0.4 is 15.4 Å². The standard InChI is InChI=1S/C24H26N4O4/c1-24(15-28-19-10-5-4-8-17(19)12-20(28)22(30)27(24)2)23(31)26-14-21(29)25-13-16-7-6-9-18(11-16)32-3/h4-12H,13-15H2,1-3H3,(H,25,29)(H,26,31)/t24-/m1/s1. The number of nitrogens with one attached hydrogen (secondary N) is 2. The second kappa shape index (κ2) is 8.37. The Kier molecular flexibility index (Phi) is 5.61. The molecule has 0 radical (unpaired) electrons. The predicted molar refractivity (Wildman–Crippen MR) is 120 cm³/mol. The van der Waals surface area contributed by atoms with E-state index in [2.05, 4.69) is 10.6 Å². The molecule has 3 aromatic rings. The number of nitrogens with zero attached hydrogens (tertiary/aromatic N) is 2. The van der Waals surface area contributed by atoms with Crippen LogP contribution in [0, 0.1) is 0 Å². The molecule has 8 nitrogen and oxygen atoms in total. The van der Waals surface area contributed by atoms with Gasteiger partial charge in [-0.2, -0.15) is 0 Å². The highest BCUT2D eigenvalue weighted by molar-refractivity contribution is 6.03. The van der Waals surface area contributed by atoms with Crippen molar-refractivity contribution >= 4 is 28.6 Å². The summed E-state index contributed by atoms with van der Waals surface area (Å²) in [5.41, 5.74) is 1.22. The van der Waals surface area contributed by atoms with E-state index in [4.69, 9.17) is 4.74 Å². The van der Waals surface area contributed by atoms with Crippen molar-refractivity contribution in [3.8, 4) is 5.75 Å². The first kappa shape index (κ1) is 21.4. The lowest BCUT2D eigenvalue weighted by atomic mass is 9.95. The molecular weight excluding hydrogens is 408 g/mol. The van der Waals surface area contributed by atoms with E-state index in [-0.39, 0.29) is 24.3 Å². The lowest BCUT2D eigenvalue weighted by Gasteiger charge is -2.41. The first-order valence-corrected chi connectivity index (χ1v) is 10.4. The van der Waals surface area contributed by atoms with Crippen LogP contribution in [-0.2, 0) is 22.7 Å². The van der Waals surface area contributed by atoms with Crippen molar-refractivity contribution in [2.75, 3.05) is 20.7 Å². The highest BCUT2D eigenvalue weighted by atomic mass is 16.5. The number of para-hydroxylation sites is 1. The minimum atomic E-state index is -1.13.